The number of esters is 1. The molecule has 0 amide bonds. The number of nitrogens with one attached hydrogen (secondary N) is 1. The molecule has 3 heterocycles. The topological polar surface area (TPSA) is 94.9 Å². The standard InChI is InChI=1S/C17H19N5O2/c1-11-14(17(23)24-2)8-13(9-18)16(20-11)22-7-3-4-12(10-22)15-5-6-19-21-15/h5-6,8,12H,3-4,7,10H2,1-2H3,(H,19,21)/t12-/m1/s1. The third-order valence-electron chi connectivity index (χ3n) is 4.40. The lowest BCUT2D eigenvalue weighted by Gasteiger charge is -2.33. The molecule has 1 atom stereocenters. The Balaban J connectivity index is 1.92. The van der Waals surface area contributed by atoms with Gasteiger partial charge in [-0.2, -0.15) is 10.4 Å². The number of rotatable bonds is 3. The van der Waals surface area contributed by atoms with Gasteiger partial charge in [0.2, 0.25) is 0 Å². The summed E-state index contributed by atoms with van der Waals surface area (Å²) in [6.07, 6.45) is 3.83. The van der Waals surface area contributed by atoms with E-state index < -0.39 is 5.97 Å². The van der Waals surface area contributed by atoms with Crippen LogP contribution in [0.4, 0.5) is 5.82 Å². The van der Waals surface area contributed by atoms with Crippen LogP contribution in [0.25, 0.3) is 0 Å². The molecule has 1 aliphatic heterocycles. The summed E-state index contributed by atoms with van der Waals surface area (Å²) < 4.78 is 4.75. The van der Waals surface area contributed by atoms with Crippen molar-refractivity contribution < 1.29 is 9.53 Å². The van der Waals surface area contributed by atoms with Crippen molar-refractivity contribution in [1.29, 1.82) is 5.26 Å². The molecule has 0 aromatic carbocycles. The number of anilines is 1. The summed E-state index contributed by atoms with van der Waals surface area (Å²) in [7, 11) is 1.32. The Morgan fingerprint density at radius 2 is 2.38 bits per heavy atom. The number of aromatic amines is 1. The molecular formula is C17H19N5O2. The lowest BCUT2D eigenvalue weighted by atomic mass is 9.94. The van der Waals surface area contributed by atoms with E-state index in [4.69, 9.17) is 4.74 Å². The molecule has 7 heteroatoms. The maximum atomic E-state index is 11.8. The number of carbonyl (C=O) groups excluding carboxylic acids is 1. The second-order valence-corrected chi connectivity index (χ2v) is 5.89. The Morgan fingerprint density at radius 1 is 1.54 bits per heavy atom. The van der Waals surface area contributed by atoms with Crippen molar-refractivity contribution in [2.24, 2.45) is 0 Å². The first-order chi connectivity index (χ1) is 11.6. The van der Waals surface area contributed by atoms with E-state index in [0.29, 0.717) is 28.6 Å². The second-order valence-electron chi connectivity index (χ2n) is 5.89. The number of methoxy groups -OCH3 is 1. The van der Waals surface area contributed by atoms with Crippen molar-refractivity contribution >= 4 is 11.8 Å². The molecular weight excluding hydrogens is 306 g/mol. The Labute approximate surface area is 140 Å². The van der Waals surface area contributed by atoms with Gasteiger partial charge in [-0.25, -0.2) is 9.78 Å². The Kier molecular flexibility index (Phi) is 4.47. The van der Waals surface area contributed by atoms with Gasteiger partial charge in [-0.15, -0.1) is 0 Å². The molecule has 1 aliphatic rings. The smallest absolute Gasteiger partial charge is 0.339 e. The van der Waals surface area contributed by atoms with Crippen LogP contribution in [0.15, 0.2) is 18.3 Å². The molecule has 0 aliphatic carbocycles. The van der Waals surface area contributed by atoms with E-state index in [0.717, 1.165) is 31.6 Å². The average Bonchev–Trinajstić information content (AvgIpc) is 3.15. The van der Waals surface area contributed by atoms with Crippen LogP contribution in [0, 0.1) is 18.3 Å². The van der Waals surface area contributed by atoms with E-state index in [9.17, 15) is 10.1 Å². The summed E-state index contributed by atoms with van der Waals surface area (Å²) >= 11 is 0. The molecule has 3 rings (SSSR count). The van der Waals surface area contributed by atoms with Crippen LogP contribution >= 0.6 is 0 Å². The first-order valence-corrected chi connectivity index (χ1v) is 7.88. The number of ether oxygens (including phenoxy) is 1. The number of aromatic nitrogens is 3. The average molecular weight is 325 g/mol. The van der Waals surface area contributed by atoms with Crippen LogP contribution in [0.2, 0.25) is 0 Å². The van der Waals surface area contributed by atoms with Crippen LogP contribution < -0.4 is 4.90 Å². The molecule has 0 unspecified atom stereocenters. The molecule has 1 N–H and O–H groups in total. The predicted octanol–water partition coefficient (Wildman–Crippen LogP) is 2.16. The zero-order chi connectivity index (χ0) is 17.1. The van der Waals surface area contributed by atoms with Crippen molar-refractivity contribution in [2.75, 3.05) is 25.1 Å². The fourth-order valence-electron chi connectivity index (χ4n) is 3.15. The molecule has 0 saturated carbocycles. The molecule has 0 radical (unpaired) electrons. The van der Waals surface area contributed by atoms with Crippen molar-refractivity contribution in [3.05, 3.63) is 40.8 Å². The molecule has 2 aromatic rings. The quantitative estimate of drug-likeness (QED) is 0.869. The lowest BCUT2D eigenvalue weighted by molar-refractivity contribution is 0.0599. The highest BCUT2D eigenvalue weighted by molar-refractivity contribution is 5.91. The summed E-state index contributed by atoms with van der Waals surface area (Å²) in [5.74, 6) is 0.485. The Morgan fingerprint density at radius 3 is 3.04 bits per heavy atom. The van der Waals surface area contributed by atoms with Crippen molar-refractivity contribution in [1.82, 2.24) is 15.2 Å². The first-order valence-electron chi connectivity index (χ1n) is 7.88. The number of aryl methyl sites for hydroxylation is 1. The van der Waals surface area contributed by atoms with Crippen molar-refractivity contribution in [3.63, 3.8) is 0 Å². The maximum absolute atomic E-state index is 11.8. The number of piperidine rings is 1. The second kappa shape index (κ2) is 6.71. The fourth-order valence-corrected chi connectivity index (χ4v) is 3.15. The summed E-state index contributed by atoms with van der Waals surface area (Å²) in [4.78, 5) is 18.4. The third kappa shape index (κ3) is 2.95. The number of carbonyl (C=O) groups is 1. The van der Waals surface area contributed by atoms with Gasteiger partial charge >= 0.3 is 5.97 Å². The Bertz CT molecular complexity index is 779. The van der Waals surface area contributed by atoms with Crippen molar-refractivity contribution in [2.45, 2.75) is 25.7 Å². The highest BCUT2D eigenvalue weighted by atomic mass is 16.5. The van der Waals surface area contributed by atoms with Gasteiger partial charge in [-0.05, 0) is 31.9 Å². The molecule has 24 heavy (non-hydrogen) atoms. The van der Waals surface area contributed by atoms with E-state index in [1.54, 1.807) is 19.2 Å². The van der Waals surface area contributed by atoms with Crippen LogP contribution in [0.3, 0.4) is 0 Å². The van der Waals surface area contributed by atoms with E-state index in [1.165, 1.54) is 7.11 Å². The minimum atomic E-state index is -0.475. The number of pyridine rings is 1. The summed E-state index contributed by atoms with van der Waals surface area (Å²) in [6.45, 7) is 3.36. The fraction of sp³-hybridized carbons (Fsp3) is 0.412. The maximum Gasteiger partial charge on any atom is 0.339 e. The van der Waals surface area contributed by atoms with E-state index in [-0.39, 0.29) is 0 Å². The number of nitriles is 1. The normalized spacial score (nSPS) is 17.4. The number of H-pyrrole nitrogens is 1. The number of hydrogen-bond donors (Lipinski definition) is 1. The lowest BCUT2D eigenvalue weighted by Crippen LogP contribution is -2.36. The van der Waals surface area contributed by atoms with Crippen molar-refractivity contribution in [3.8, 4) is 6.07 Å². The van der Waals surface area contributed by atoms with E-state index >= 15 is 0 Å². The van der Waals surface area contributed by atoms with Gasteiger partial charge in [-0.3, -0.25) is 5.10 Å². The van der Waals surface area contributed by atoms with Crippen LogP contribution in [-0.2, 0) is 4.74 Å². The van der Waals surface area contributed by atoms with Gasteiger partial charge in [0, 0.05) is 30.9 Å². The van der Waals surface area contributed by atoms with Gasteiger partial charge in [0.25, 0.3) is 0 Å². The Hall–Kier alpha value is -2.88. The van der Waals surface area contributed by atoms with Gasteiger partial charge in [0.1, 0.15) is 11.9 Å². The van der Waals surface area contributed by atoms with Crippen LogP contribution in [-0.4, -0.2) is 41.3 Å². The van der Waals surface area contributed by atoms with Crippen LogP contribution in [0.5, 0.6) is 0 Å². The molecule has 1 fully saturated rings. The largest absolute Gasteiger partial charge is 0.465 e. The van der Waals surface area contributed by atoms with E-state index in [2.05, 4.69) is 26.2 Å². The molecule has 0 spiro atoms. The third-order valence-corrected chi connectivity index (χ3v) is 4.40. The SMILES string of the molecule is COC(=O)c1cc(C#N)c(N2CCC[C@@H](c3ccn[nH]3)C2)nc1C. The van der Waals surface area contributed by atoms with Crippen LogP contribution in [0.1, 0.15) is 46.1 Å². The zero-order valence-electron chi connectivity index (χ0n) is 13.7. The minimum Gasteiger partial charge on any atom is -0.465 e. The van der Waals surface area contributed by atoms with E-state index in [1.807, 2.05) is 6.07 Å². The van der Waals surface area contributed by atoms with Gasteiger partial charge < -0.3 is 9.64 Å². The molecule has 2 aromatic heterocycles. The number of hydrogen-bond acceptors (Lipinski definition) is 6. The van der Waals surface area contributed by atoms with Gasteiger partial charge in [0.15, 0.2) is 0 Å². The van der Waals surface area contributed by atoms with Gasteiger partial charge in [0.05, 0.1) is 23.9 Å². The summed E-state index contributed by atoms with van der Waals surface area (Å²) in [5.41, 5.74) is 2.40. The highest BCUT2D eigenvalue weighted by Crippen LogP contribution is 2.30. The molecule has 124 valence electrons. The zero-order valence-corrected chi connectivity index (χ0v) is 13.7. The molecule has 0 bridgehead atoms. The predicted molar refractivity (Wildman–Crippen MR) is 87.8 cm³/mol. The van der Waals surface area contributed by atoms with Gasteiger partial charge in [-0.1, -0.05) is 0 Å². The first kappa shape index (κ1) is 16.0. The minimum absolute atomic E-state index is 0.329. The summed E-state index contributed by atoms with van der Waals surface area (Å²) in [5, 5.41) is 16.5. The summed E-state index contributed by atoms with van der Waals surface area (Å²) in [6, 6.07) is 5.71. The highest BCUT2D eigenvalue weighted by Gasteiger charge is 2.26. The number of nitrogens with zero attached hydrogens (tertiary/aromatic N) is 4. The molecule has 7 nitrogen and oxygen atoms in total. The monoisotopic (exact) mass is 325 g/mol. The molecule has 1 saturated heterocycles.